The fourth-order valence-corrected chi connectivity index (χ4v) is 3.16. The van der Waals surface area contributed by atoms with Crippen LogP contribution in [0.3, 0.4) is 0 Å². The summed E-state index contributed by atoms with van der Waals surface area (Å²) in [5.41, 5.74) is 0. The van der Waals surface area contributed by atoms with Crippen molar-refractivity contribution in [2.45, 2.75) is 0 Å². The Morgan fingerprint density at radius 3 is 0.406 bits per heavy atom. The second-order valence-electron chi connectivity index (χ2n) is 8.40. The standard InChI is InChI=1S/4C6H6N4.4NO3.6H2O.2Rh/c4*1-2-8-5(7-1)6-9-3-4-10-6;4*2-1(3)4;;;;;;;;/h4*1-4H,(H,7,8)(H,9,10);;;;;6*1H2;;/q;;;;4*-1;;;;;;;2*+2/p+2. The maximum Gasteiger partial charge on any atom is 2.00 e. The SMILES string of the molecule is O.O.O.O.O=[N+]([O-])[O-].O=[N+]([O-])[O-].O=[N+]([O-])[O-].O=[N+]([O-])[O-].[OH3+].[OH3+].[Rh+2].[Rh+2].c1c[nH]c(-c2ncc[nH]2)n1.c1c[nH]c(-c2ncc[nH]2)n1.c1c[nH]c(-c2ncc[nH]2)n1.c1c[nH]c(-c2ncc[nH]2)n1. The van der Waals surface area contributed by atoms with Crippen LogP contribution in [0.2, 0.25) is 0 Å². The predicted octanol–water partition coefficient (Wildman–Crippen LogP) is -2.90. The Kier molecular flexibility index (Phi) is 50.3. The Hall–Kier alpha value is -8.51. The van der Waals surface area contributed by atoms with E-state index in [0.29, 0.717) is 0 Å². The average molecular weight is 1100 g/mol. The smallest absolute Gasteiger partial charge is 0.457 e. The van der Waals surface area contributed by atoms with Crippen LogP contribution in [0.15, 0.2) is 99.1 Å². The molecule has 0 aliphatic carbocycles. The van der Waals surface area contributed by atoms with E-state index in [4.69, 9.17) is 61.3 Å². The number of H-pyrrole nitrogens is 8. The topological polar surface area (TPSA) is 686 Å². The Balaban J connectivity index is -0.0000000947. The van der Waals surface area contributed by atoms with Gasteiger partial charge in [0.15, 0.2) is 46.6 Å². The first-order valence-corrected chi connectivity index (χ1v) is 14.0. The molecule has 0 spiro atoms. The number of hydrogen-bond donors (Lipinski definition) is 8. The molecule has 22 N–H and O–H groups in total. The summed E-state index contributed by atoms with van der Waals surface area (Å²) in [6.45, 7) is 0. The number of aromatic amines is 8. The van der Waals surface area contributed by atoms with E-state index in [1.165, 1.54) is 0 Å². The van der Waals surface area contributed by atoms with Crippen LogP contribution in [0.1, 0.15) is 0 Å². The van der Waals surface area contributed by atoms with Crippen LogP contribution >= 0.6 is 0 Å². The van der Waals surface area contributed by atoms with Gasteiger partial charge in [-0.15, -0.1) is 0 Å². The second kappa shape index (κ2) is 44.0. The van der Waals surface area contributed by atoms with Crippen molar-refractivity contribution in [2.75, 3.05) is 0 Å². The van der Waals surface area contributed by atoms with Crippen LogP contribution in [0.4, 0.5) is 0 Å². The van der Waals surface area contributed by atoms with Crippen molar-refractivity contribution >= 4 is 0 Å². The largest absolute Gasteiger partial charge is 2.00 e. The van der Waals surface area contributed by atoms with E-state index < -0.39 is 20.3 Å². The van der Waals surface area contributed by atoms with Crippen molar-refractivity contribution in [1.29, 1.82) is 0 Å². The van der Waals surface area contributed by atoms with Crippen LogP contribution < -0.4 is 0 Å². The summed E-state index contributed by atoms with van der Waals surface area (Å²) in [4.78, 5) is 88.6. The van der Waals surface area contributed by atoms with Crippen LogP contribution in [0.25, 0.3) is 46.6 Å². The van der Waals surface area contributed by atoms with Gasteiger partial charge in [-0.2, -0.15) is 0 Å². The molecule has 8 aromatic heterocycles. The zero-order valence-corrected chi connectivity index (χ0v) is 34.6. The molecule has 8 rings (SSSR count). The average Bonchev–Trinajstić information content (AvgIpc) is 3.98. The molecule has 0 fully saturated rings. The molecule has 0 unspecified atom stereocenters. The molecule has 0 atom stereocenters. The third-order valence-corrected chi connectivity index (χ3v) is 4.88. The van der Waals surface area contributed by atoms with Crippen LogP contribution in [0, 0.1) is 61.3 Å². The van der Waals surface area contributed by atoms with Crippen LogP contribution in [0.5, 0.6) is 0 Å². The van der Waals surface area contributed by atoms with Gasteiger partial charge in [-0.3, -0.25) is 0 Å². The van der Waals surface area contributed by atoms with E-state index in [0.717, 1.165) is 46.6 Å². The molecule has 358 valence electrons. The molecule has 0 aliphatic heterocycles. The van der Waals surface area contributed by atoms with Gasteiger partial charge in [-0.1, -0.05) is 0 Å². The number of imidazole rings is 8. The van der Waals surface area contributed by atoms with Gasteiger partial charge in [0.2, 0.25) is 0 Å². The Bertz CT molecular complexity index is 1660. The van der Waals surface area contributed by atoms with E-state index >= 15 is 0 Å². The number of nitrogens with zero attached hydrogens (tertiary/aromatic N) is 12. The first-order chi connectivity index (χ1) is 26.8. The summed E-state index contributed by atoms with van der Waals surface area (Å²) < 4.78 is 0. The molecule has 0 saturated heterocycles. The Labute approximate surface area is 378 Å². The number of aromatic nitrogens is 16. The number of hydrogen-bond acceptors (Lipinski definition) is 20. The monoisotopic (exact) mass is 1100 g/mol. The molecule has 0 saturated carbocycles. The molecule has 0 amide bonds. The minimum absolute atomic E-state index is 0. The molecule has 38 nitrogen and oxygen atoms in total. The van der Waals surface area contributed by atoms with Gasteiger partial charge in [0.05, 0.1) is 20.3 Å². The van der Waals surface area contributed by atoms with Crippen LogP contribution in [-0.4, -0.2) is 122 Å². The quantitative estimate of drug-likeness (QED) is 0.0379. The fraction of sp³-hybridized carbons (Fsp3) is 0. The molecule has 40 heteroatoms. The van der Waals surface area contributed by atoms with Crippen molar-refractivity contribution in [1.82, 2.24) is 79.7 Å². The second-order valence-corrected chi connectivity index (χ2v) is 8.40. The maximum atomic E-state index is 8.25. The maximum absolute atomic E-state index is 8.25. The van der Waals surface area contributed by atoms with Gasteiger partial charge in [-0.25, -0.2) is 39.9 Å². The van der Waals surface area contributed by atoms with Crippen molar-refractivity contribution in [2.24, 2.45) is 0 Å². The molecular weight excluding hydrogens is 1060 g/mol. The third kappa shape index (κ3) is 36.6. The van der Waals surface area contributed by atoms with Crippen molar-refractivity contribution in [3.8, 4) is 46.6 Å². The zero-order valence-electron chi connectivity index (χ0n) is 31.3. The van der Waals surface area contributed by atoms with E-state index in [1.807, 2.05) is 0 Å². The molecule has 0 bridgehead atoms. The van der Waals surface area contributed by atoms with Gasteiger partial charge < -0.3 is 134 Å². The van der Waals surface area contributed by atoms with Crippen molar-refractivity contribution in [3.63, 3.8) is 0 Å². The van der Waals surface area contributed by atoms with Gasteiger partial charge in [0, 0.05) is 99.1 Å². The van der Waals surface area contributed by atoms with Crippen molar-refractivity contribution in [3.05, 3.63) is 160 Å². The summed E-state index contributed by atoms with van der Waals surface area (Å²) in [7, 11) is 0. The summed E-state index contributed by atoms with van der Waals surface area (Å²) in [6, 6.07) is 0. The Morgan fingerprint density at radius 1 is 0.281 bits per heavy atom. The molecule has 8 heterocycles. The molecule has 64 heavy (non-hydrogen) atoms. The fourth-order valence-electron chi connectivity index (χ4n) is 3.16. The zero-order chi connectivity index (χ0) is 41.6. The van der Waals surface area contributed by atoms with Crippen molar-refractivity contribution < 1.29 is 92.2 Å². The number of rotatable bonds is 4. The first kappa shape index (κ1) is 73.1. The normalized spacial score (nSPS) is 7.75. The van der Waals surface area contributed by atoms with E-state index in [9.17, 15) is 0 Å². The van der Waals surface area contributed by atoms with Gasteiger partial charge in [0.25, 0.3) is 0 Å². The molecule has 8 aromatic rings. The summed E-state index contributed by atoms with van der Waals surface area (Å²) in [6.07, 6.45) is 27.6. The molecule has 0 aromatic carbocycles. The van der Waals surface area contributed by atoms with E-state index in [-0.39, 0.29) is 71.8 Å². The molecule has 0 aliphatic rings. The predicted molar refractivity (Wildman–Crippen MR) is 210 cm³/mol. The van der Waals surface area contributed by atoms with E-state index in [1.54, 1.807) is 99.1 Å². The number of nitrogens with one attached hydrogen (secondary N) is 8. The van der Waals surface area contributed by atoms with Gasteiger partial charge in [0.1, 0.15) is 0 Å². The van der Waals surface area contributed by atoms with Gasteiger partial charge >= 0.3 is 39.0 Å². The van der Waals surface area contributed by atoms with E-state index in [2.05, 4.69) is 79.7 Å². The van der Waals surface area contributed by atoms with Gasteiger partial charge in [-0.05, 0) is 0 Å². The third-order valence-electron chi connectivity index (χ3n) is 4.88. The summed E-state index contributed by atoms with van der Waals surface area (Å²) >= 11 is 0. The molecule has 2 radical (unpaired) electrons. The minimum Gasteiger partial charge on any atom is -0.457 e. The summed E-state index contributed by atoms with van der Waals surface area (Å²) in [5.74, 6) is 6.15. The Morgan fingerprint density at radius 2 is 0.359 bits per heavy atom. The minimum atomic E-state index is -1.75. The van der Waals surface area contributed by atoms with Crippen LogP contribution in [-0.2, 0) is 49.9 Å². The summed E-state index contributed by atoms with van der Waals surface area (Å²) in [5, 5.41) is 59.0. The molecular formula is C24H38N20O18Rh2+2. The first-order valence-electron chi connectivity index (χ1n) is 14.0.